The molecule has 2 N–H and O–H groups in total. The molecule has 2 amide bonds. The van der Waals surface area contributed by atoms with Gasteiger partial charge in [0.2, 0.25) is 5.76 Å². The summed E-state index contributed by atoms with van der Waals surface area (Å²) in [5.41, 5.74) is 6.02. The summed E-state index contributed by atoms with van der Waals surface area (Å²) in [5, 5.41) is 0.701. The van der Waals surface area contributed by atoms with Crippen LogP contribution in [0.15, 0.2) is 51.7 Å². The highest BCUT2D eigenvalue weighted by Gasteiger charge is 2.42. The molecule has 2 aromatic carbocycles. The van der Waals surface area contributed by atoms with E-state index in [1.807, 2.05) is 0 Å². The van der Waals surface area contributed by atoms with Crippen molar-refractivity contribution in [3.63, 3.8) is 0 Å². The van der Waals surface area contributed by atoms with Gasteiger partial charge in [-0.3, -0.25) is 14.4 Å². The Morgan fingerprint density at radius 2 is 1.94 bits per heavy atom. The number of nitrogens with two attached hydrogens (primary N) is 1. The van der Waals surface area contributed by atoms with Crippen molar-refractivity contribution >= 4 is 34.4 Å². The Balaban J connectivity index is 1.82. The fraction of sp³-hybridized carbons (Fsp3) is 0.227. The summed E-state index contributed by atoms with van der Waals surface area (Å²) in [5.74, 6) is -0.531. The molecule has 1 aliphatic heterocycles. The standard InChI is InChI=1S/C22H19ClN2O6/c1-29-9-8-25-19(12-2-5-14(6-3-12)30-11-17(24)26)18-20(27)15-10-13(23)4-7-16(15)31-21(18)22(25)28/h2-7,10,19H,8-9,11H2,1H3,(H2,24,26). The Kier molecular flexibility index (Phi) is 5.67. The Morgan fingerprint density at radius 1 is 1.19 bits per heavy atom. The minimum atomic E-state index is -0.664. The summed E-state index contributed by atoms with van der Waals surface area (Å²) in [6.07, 6.45) is 0. The number of rotatable bonds is 7. The molecule has 1 atom stereocenters. The number of hydrogen-bond donors (Lipinski definition) is 1. The highest BCUT2D eigenvalue weighted by atomic mass is 35.5. The molecule has 0 bridgehead atoms. The first-order chi connectivity index (χ1) is 14.9. The SMILES string of the molecule is COCCN1C(=O)c2oc3ccc(Cl)cc3c(=O)c2C1c1ccc(OCC(N)=O)cc1. The third kappa shape index (κ3) is 3.87. The Morgan fingerprint density at radius 3 is 2.61 bits per heavy atom. The van der Waals surface area contributed by atoms with Gasteiger partial charge >= 0.3 is 0 Å². The molecule has 0 spiro atoms. The summed E-state index contributed by atoms with van der Waals surface area (Å²) in [6, 6.07) is 10.8. The molecule has 9 heteroatoms. The minimum Gasteiger partial charge on any atom is -0.484 e. The van der Waals surface area contributed by atoms with Crippen LogP contribution in [-0.4, -0.2) is 43.6 Å². The predicted octanol–water partition coefficient (Wildman–Crippen LogP) is 2.50. The second kappa shape index (κ2) is 8.41. The minimum absolute atomic E-state index is 0.00924. The van der Waals surface area contributed by atoms with E-state index in [0.717, 1.165) is 0 Å². The number of benzene rings is 2. The molecule has 3 aromatic rings. The lowest BCUT2D eigenvalue weighted by Gasteiger charge is -2.25. The van der Waals surface area contributed by atoms with Crippen molar-refractivity contribution in [2.24, 2.45) is 5.73 Å². The van der Waals surface area contributed by atoms with Crippen molar-refractivity contribution in [3.05, 3.63) is 74.6 Å². The van der Waals surface area contributed by atoms with Gasteiger partial charge in [-0.2, -0.15) is 0 Å². The molecule has 160 valence electrons. The number of carbonyl (C=O) groups is 2. The van der Waals surface area contributed by atoms with Crippen LogP contribution in [0.5, 0.6) is 5.75 Å². The van der Waals surface area contributed by atoms with Gasteiger partial charge in [0.1, 0.15) is 11.3 Å². The van der Waals surface area contributed by atoms with Gasteiger partial charge in [0.15, 0.2) is 12.0 Å². The lowest BCUT2D eigenvalue weighted by Crippen LogP contribution is -2.32. The van der Waals surface area contributed by atoms with E-state index < -0.39 is 11.9 Å². The number of methoxy groups -OCH3 is 1. The van der Waals surface area contributed by atoms with Gasteiger partial charge in [0.05, 0.1) is 23.6 Å². The van der Waals surface area contributed by atoms with Gasteiger partial charge in [-0.15, -0.1) is 0 Å². The van der Waals surface area contributed by atoms with Crippen LogP contribution in [0.2, 0.25) is 5.02 Å². The maximum Gasteiger partial charge on any atom is 0.290 e. The van der Waals surface area contributed by atoms with Crippen LogP contribution in [0.4, 0.5) is 0 Å². The molecule has 2 heterocycles. The van der Waals surface area contributed by atoms with Crippen molar-refractivity contribution in [2.45, 2.75) is 6.04 Å². The summed E-state index contributed by atoms with van der Waals surface area (Å²) >= 11 is 6.07. The van der Waals surface area contributed by atoms with E-state index in [2.05, 4.69) is 0 Å². The molecule has 31 heavy (non-hydrogen) atoms. The number of nitrogens with zero attached hydrogens (tertiary/aromatic N) is 1. The van der Waals surface area contributed by atoms with Crippen molar-refractivity contribution < 1.29 is 23.5 Å². The summed E-state index contributed by atoms with van der Waals surface area (Å²) in [4.78, 5) is 39.0. The molecule has 0 radical (unpaired) electrons. The van der Waals surface area contributed by atoms with E-state index in [0.29, 0.717) is 27.3 Å². The number of halogens is 1. The summed E-state index contributed by atoms with van der Waals surface area (Å²) in [6.45, 7) is 0.302. The van der Waals surface area contributed by atoms with E-state index >= 15 is 0 Å². The zero-order chi connectivity index (χ0) is 22.1. The smallest absolute Gasteiger partial charge is 0.290 e. The van der Waals surface area contributed by atoms with Gasteiger partial charge in [0, 0.05) is 18.7 Å². The topological polar surface area (TPSA) is 112 Å². The van der Waals surface area contributed by atoms with Crippen molar-refractivity contribution in [1.29, 1.82) is 0 Å². The largest absolute Gasteiger partial charge is 0.484 e. The van der Waals surface area contributed by atoms with Crippen LogP contribution < -0.4 is 15.9 Å². The van der Waals surface area contributed by atoms with E-state index in [4.69, 9.17) is 31.2 Å². The monoisotopic (exact) mass is 442 g/mol. The Bertz CT molecular complexity index is 1220. The lowest BCUT2D eigenvalue weighted by atomic mass is 9.98. The van der Waals surface area contributed by atoms with Gasteiger partial charge < -0.3 is 24.5 Å². The van der Waals surface area contributed by atoms with Crippen LogP contribution in [0.25, 0.3) is 11.0 Å². The number of primary amides is 1. The van der Waals surface area contributed by atoms with Crippen LogP contribution in [-0.2, 0) is 9.53 Å². The lowest BCUT2D eigenvalue weighted by molar-refractivity contribution is -0.119. The summed E-state index contributed by atoms with van der Waals surface area (Å²) < 4.78 is 16.3. The number of fused-ring (bicyclic) bond motifs is 2. The van der Waals surface area contributed by atoms with Crippen LogP contribution in [0.1, 0.15) is 27.7 Å². The van der Waals surface area contributed by atoms with Crippen LogP contribution >= 0.6 is 11.6 Å². The molecule has 0 saturated heterocycles. The first kappa shape index (κ1) is 20.9. The molecule has 0 fully saturated rings. The second-order valence-electron chi connectivity index (χ2n) is 7.03. The summed E-state index contributed by atoms with van der Waals surface area (Å²) in [7, 11) is 1.53. The zero-order valence-corrected chi connectivity index (χ0v) is 17.3. The van der Waals surface area contributed by atoms with Crippen LogP contribution in [0, 0.1) is 0 Å². The number of ether oxygens (including phenoxy) is 2. The average Bonchev–Trinajstić information content (AvgIpc) is 3.03. The van der Waals surface area contributed by atoms with Gasteiger partial charge in [-0.05, 0) is 35.9 Å². The third-order valence-electron chi connectivity index (χ3n) is 5.04. The number of amides is 2. The Hall–Kier alpha value is -3.36. The average molecular weight is 443 g/mol. The van der Waals surface area contributed by atoms with Crippen LogP contribution in [0.3, 0.4) is 0 Å². The van der Waals surface area contributed by atoms with E-state index in [-0.39, 0.29) is 42.4 Å². The maximum atomic E-state index is 13.4. The molecule has 1 unspecified atom stereocenters. The van der Waals surface area contributed by atoms with E-state index in [1.54, 1.807) is 41.3 Å². The molecule has 0 saturated carbocycles. The first-order valence-electron chi connectivity index (χ1n) is 9.48. The highest BCUT2D eigenvalue weighted by Crippen LogP contribution is 2.38. The van der Waals surface area contributed by atoms with Crippen molar-refractivity contribution in [1.82, 2.24) is 4.90 Å². The molecule has 1 aromatic heterocycles. The molecular formula is C22H19ClN2O6. The van der Waals surface area contributed by atoms with E-state index in [9.17, 15) is 14.4 Å². The molecular weight excluding hydrogens is 424 g/mol. The third-order valence-corrected chi connectivity index (χ3v) is 5.28. The fourth-order valence-electron chi connectivity index (χ4n) is 3.66. The Labute approximate surface area is 182 Å². The fourth-order valence-corrected chi connectivity index (χ4v) is 3.83. The zero-order valence-electron chi connectivity index (χ0n) is 16.6. The number of hydrogen-bond acceptors (Lipinski definition) is 6. The van der Waals surface area contributed by atoms with Gasteiger partial charge in [-0.25, -0.2) is 0 Å². The van der Waals surface area contributed by atoms with Gasteiger partial charge in [-0.1, -0.05) is 23.7 Å². The normalized spacial score (nSPS) is 15.4. The van der Waals surface area contributed by atoms with E-state index in [1.165, 1.54) is 13.2 Å². The maximum absolute atomic E-state index is 13.4. The van der Waals surface area contributed by atoms with Crippen molar-refractivity contribution in [2.75, 3.05) is 26.9 Å². The molecule has 8 nitrogen and oxygen atoms in total. The molecule has 4 rings (SSSR count). The molecule has 0 aliphatic carbocycles. The van der Waals surface area contributed by atoms with Crippen molar-refractivity contribution in [3.8, 4) is 5.75 Å². The highest BCUT2D eigenvalue weighted by molar-refractivity contribution is 6.31. The number of carbonyl (C=O) groups excluding carboxylic acids is 2. The molecule has 1 aliphatic rings. The quantitative estimate of drug-likeness (QED) is 0.601. The van der Waals surface area contributed by atoms with Gasteiger partial charge in [0.25, 0.3) is 11.8 Å². The predicted molar refractivity (Wildman–Crippen MR) is 113 cm³/mol. The first-order valence-corrected chi connectivity index (χ1v) is 9.85. The second-order valence-corrected chi connectivity index (χ2v) is 7.47.